The maximum atomic E-state index is 13.8. The molecule has 0 radical (unpaired) electrons. The van der Waals surface area contributed by atoms with Gasteiger partial charge in [0.05, 0.1) is 0 Å². The number of halogens is 1. The molecule has 1 aliphatic carbocycles. The van der Waals surface area contributed by atoms with Crippen LogP contribution in [-0.4, -0.2) is 31.6 Å². The Morgan fingerprint density at radius 3 is 2.43 bits per heavy atom. The molecular formula is C19H22INO6S. The van der Waals surface area contributed by atoms with Crippen LogP contribution in [-0.2, 0) is 32.2 Å². The number of rotatable bonds is 5. The molecule has 1 atom stereocenters. The summed E-state index contributed by atoms with van der Waals surface area (Å²) in [5.74, 6) is -1.21. The first-order chi connectivity index (χ1) is 13.2. The summed E-state index contributed by atoms with van der Waals surface area (Å²) in [6.07, 6.45) is 5.92. The Hall–Kier alpha value is -1.88. The fourth-order valence-electron chi connectivity index (χ4n) is 3.26. The number of allylic oxidation sites excluding steroid dienone is 3. The average molecular weight is 519 g/mol. The fourth-order valence-corrected chi connectivity index (χ4v) is 9.74. The van der Waals surface area contributed by atoms with Crippen LogP contribution in [0.2, 0.25) is 0 Å². The number of sulfonamides is 1. The van der Waals surface area contributed by atoms with Gasteiger partial charge in [0.2, 0.25) is 0 Å². The van der Waals surface area contributed by atoms with E-state index in [1.165, 1.54) is 18.2 Å². The van der Waals surface area contributed by atoms with Gasteiger partial charge in [-0.15, -0.1) is 0 Å². The van der Waals surface area contributed by atoms with Crippen LogP contribution in [0, 0.1) is 0 Å². The molecule has 0 spiro atoms. The first-order valence-corrected chi connectivity index (χ1v) is 13.0. The molecule has 0 saturated carbocycles. The van der Waals surface area contributed by atoms with Crippen LogP contribution < -0.4 is 4.31 Å². The standard InChI is InChI=1S/C19H22INO6S/c1-14(22)26-20(27-15(2)23)18-10-6-7-12-19(18,3)28(24,25)21-13-11-16-8-4-5-9-17(16)21/h4-10H,11-13H2,1-3H3. The van der Waals surface area contributed by atoms with Crippen molar-refractivity contribution in [3.05, 3.63) is 51.6 Å². The Bertz CT molecular complexity index is 954. The van der Waals surface area contributed by atoms with Gasteiger partial charge in [-0.3, -0.25) is 0 Å². The molecule has 1 aliphatic heterocycles. The molecule has 7 nitrogen and oxygen atoms in total. The van der Waals surface area contributed by atoms with Crippen molar-refractivity contribution in [1.82, 2.24) is 0 Å². The zero-order chi connectivity index (χ0) is 20.5. The van der Waals surface area contributed by atoms with Crippen molar-refractivity contribution in [1.29, 1.82) is 0 Å². The summed E-state index contributed by atoms with van der Waals surface area (Å²) in [5, 5.41) is 0. The van der Waals surface area contributed by atoms with Crippen molar-refractivity contribution in [3.8, 4) is 0 Å². The number of nitrogens with zero attached hydrogens (tertiary/aromatic N) is 1. The monoisotopic (exact) mass is 519 g/mol. The zero-order valence-electron chi connectivity index (χ0n) is 15.8. The molecule has 1 aromatic rings. The van der Waals surface area contributed by atoms with Crippen LogP contribution in [0.4, 0.5) is 5.69 Å². The molecule has 1 aromatic carbocycles. The summed E-state index contributed by atoms with van der Waals surface area (Å²) in [7, 11) is -3.87. The quantitative estimate of drug-likeness (QED) is 0.554. The Balaban J connectivity index is 2.05. The van der Waals surface area contributed by atoms with Crippen LogP contribution in [0.5, 0.6) is 0 Å². The van der Waals surface area contributed by atoms with Crippen LogP contribution in [0.1, 0.15) is 32.8 Å². The summed E-state index contributed by atoms with van der Waals surface area (Å²) in [6.45, 7) is 4.39. The van der Waals surface area contributed by atoms with Gasteiger partial charge in [-0.2, -0.15) is 0 Å². The van der Waals surface area contributed by atoms with Crippen molar-refractivity contribution >= 4 is 48.3 Å². The van der Waals surface area contributed by atoms with E-state index < -0.39 is 47.4 Å². The van der Waals surface area contributed by atoms with E-state index in [2.05, 4.69) is 0 Å². The summed E-state index contributed by atoms with van der Waals surface area (Å²) in [5.41, 5.74) is 1.64. The average Bonchev–Trinajstić information content (AvgIpc) is 3.05. The summed E-state index contributed by atoms with van der Waals surface area (Å²) in [6, 6.07) is 7.40. The van der Waals surface area contributed by atoms with E-state index in [0.717, 1.165) is 5.56 Å². The van der Waals surface area contributed by atoms with Gasteiger partial charge in [0.25, 0.3) is 0 Å². The van der Waals surface area contributed by atoms with Crippen molar-refractivity contribution in [2.24, 2.45) is 0 Å². The number of hydrogen-bond acceptors (Lipinski definition) is 6. The number of fused-ring (bicyclic) bond motifs is 1. The van der Waals surface area contributed by atoms with E-state index in [4.69, 9.17) is 6.13 Å². The molecule has 0 N–H and O–H groups in total. The van der Waals surface area contributed by atoms with Crippen molar-refractivity contribution in [2.45, 2.75) is 38.4 Å². The molecule has 0 saturated heterocycles. The predicted molar refractivity (Wildman–Crippen MR) is 114 cm³/mol. The van der Waals surface area contributed by atoms with Crippen LogP contribution in [0.3, 0.4) is 0 Å². The molecule has 9 heteroatoms. The van der Waals surface area contributed by atoms with Crippen molar-refractivity contribution < 1.29 is 24.1 Å². The summed E-state index contributed by atoms with van der Waals surface area (Å²) in [4.78, 5) is 23.2. The second-order valence-electron chi connectivity index (χ2n) is 6.69. The van der Waals surface area contributed by atoms with E-state index in [9.17, 15) is 18.0 Å². The number of hydrogen-bond donors (Lipinski definition) is 0. The third-order valence-corrected chi connectivity index (χ3v) is 12.0. The Labute approximate surface area is 172 Å². The molecule has 0 fully saturated rings. The molecule has 1 heterocycles. The molecule has 28 heavy (non-hydrogen) atoms. The molecular weight excluding hydrogens is 497 g/mol. The molecule has 0 amide bonds. The van der Waals surface area contributed by atoms with Gasteiger partial charge < -0.3 is 0 Å². The SMILES string of the molecule is CC(=O)OI(OC(C)=O)C1=CC=CCC1(C)S(=O)(=O)N1CCc2ccccc21. The van der Waals surface area contributed by atoms with E-state index in [1.807, 2.05) is 18.2 Å². The van der Waals surface area contributed by atoms with E-state index in [-0.39, 0.29) is 6.42 Å². The van der Waals surface area contributed by atoms with Gasteiger partial charge in [-0.1, -0.05) is 0 Å². The number of carbonyl (C=O) groups is 2. The molecule has 152 valence electrons. The van der Waals surface area contributed by atoms with Gasteiger partial charge in [0.1, 0.15) is 0 Å². The van der Waals surface area contributed by atoms with Crippen molar-refractivity contribution in [2.75, 3.05) is 10.8 Å². The molecule has 3 rings (SSSR count). The topological polar surface area (TPSA) is 90.0 Å². The minimum atomic E-state index is -3.87. The number of anilines is 1. The van der Waals surface area contributed by atoms with E-state index in [0.29, 0.717) is 22.2 Å². The molecule has 1 unspecified atom stereocenters. The van der Waals surface area contributed by atoms with Crippen molar-refractivity contribution in [3.63, 3.8) is 0 Å². The predicted octanol–water partition coefficient (Wildman–Crippen LogP) is 3.44. The Morgan fingerprint density at radius 1 is 1.14 bits per heavy atom. The van der Waals surface area contributed by atoms with Crippen LogP contribution in [0.25, 0.3) is 0 Å². The maximum absolute atomic E-state index is 13.8. The summed E-state index contributed by atoms with van der Waals surface area (Å²) < 4.78 is 38.6. The number of para-hydroxylation sites is 1. The molecule has 2 aliphatic rings. The second-order valence-corrected chi connectivity index (χ2v) is 12.3. The minimum absolute atomic E-state index is 0.205. The first-order valence-electron chi connectivity index (χ1n) is 8.72. The Morgan fingerprint density at radius 2 is 1.79 bits per heavy atom. The zero-order valence-corrected chi connectivity index (χ0v) is 18.8. The fraction of sp³-hybridized carbons (Fsp3) is 0.368. The normalized spacial score (nSPS) is 21.6. The van der Waals surface area contributed by atoms with Gasteiger partial charge in [0, 0.05) is 0 Å². The number of carbonyl (C=O) groups excluding carboxylic acids is 2. The third-order valence-electron chi connectivity index (χ3n) is 4.62. The van der Waals surface area contributed by atoms with Gasteiger partial charge in [0.15, 0.2) is 0 Å². The van der Waals surface area contributed by atoms with Gasteiger partial charge >= 0.3 is 173 Å². The van der Waals surface area contributed by atoms with Gasteiger partial charge in [-0.25, -0.2) is 0 Å². The molecule has 0 bridgehead atoms. The van der Waals surface area contributed by atoms with E-state index in [1.54, 1.807) is 31.2 Å². The van der Waals surface area contributed by atoms with E-state index >= 15 is 0 Å². The van der Waals surface area contributed by atoms with Crippen LogP contribution in [0.15, 0.2) is 46.1 Å². The first kappa shape index (κ1) is 20.8. The Kier molecular flexibility index (Phi) is 5.85. The second kappa shape index (κ2) is 7.86. The number of benzene rings is 1. The summed E-state index contributed by atoms with van der Waals surface area (Å²) >= 11 is -3.29. The van der Waals surface area contributed by atoms with Crippen LogP contribution >= 0.6 is 20.6 Å². The molecule has 0 aromatic heterocycles. The third kappa shape index (κ3) is 3.69. The van der Waals surface area contributed by atoms with Gasteiger partial charge in [-0.05, 0) is 0 Å².